The summed E-state index contributed by atoms with van der Waals surface area (Å²) in [7, 11) is 0. The van der Waals surface area contributed by atoms with Crippen LogP contribution in [0.1, 0.15) is 48.4 Å². The van der Waals surface area contributed by atoms with E-state index in [-0.39, 0.29) is 11.3 Å². The van der Waals surface area contributed by atoms with Crippen molar-refractivity contribution in [1.29, 1.82) is 0 Å². The Labute approximate surface area is 151 Å². The number of benzene rings is 2. The molecule has 1 aliphatic heterocycles. The van der Waals surface area contributed by atoms with Gasteiger partial charge in [0, 0.05) is 0 Å². The van der Waals surface area contributed by atoms with Crippen LogP contribution in [0.4, 0.5) is 4.39 Å². The zero-order valence-electron chi connectivity index (χ0n) is 15.2. The molecule has 2 aromatic rings. The monoisotopic (exact) mass is 356 g/mol. The summed E-state index contributed by atoms with van der Waals surface area (Å²) in [6.45, 7) is 6.76. The Kier molecular flexibility index (Phi) is 4.34. The second kappa shape index (κ2) is 6.24. The van der Waals surface area contributed by atoms with Crippen molar-refractivity contribution in [1.82, 2.24) is 0 Å². The summed E-state index contributed by atoms with van der Waals surface area (Å²) in [4.78, 5) is 25.7. The third-order valence-electron chi connectivity index (χ3n) is 4.14. The molecule has 4 nitrogen and oxygen atoms in total. The topological polar surface area (TPSA) is 52.6 Å². The van der Waals surface area contributed by atoms with Gasteiger partial charge in [-0.3, -0.25) is 4.79 Å². The van der Waals surface area contributed by atoms with Gasteiger partial charge in [-0.15, -0.1) is 0 Å². The number of rotatable bonds is 2. The molecule has 2 atom stereocenters. The molecule has 0 amide bonds. The fraction of sp³-hybridized carbons (Fsp3) is 0.333. The summed E-state index contributed by atoms with van der Waals surface area (Å²) in [6.07, 6.45) is -1.42. The van der Waals surface area contributed by atoms with Crippen molar-refractivity contribution in [3.05, 3.63) is 65.2 Å². The molecule has 0 aromatic heterocycles. The van der Waals surface area contributed by atoms with Crippen molar-refractivity contribution in [2.45, 2.75) is 45.1 Å². The highest BCUT2D eigenvalue weighted by Gasteiger charge is 2.60. The molecule has 0 spiro atoms. The van der Waals surface area contributed by atoms with Crippen LogP contribution < -0.4 is 4.74 Å². The van der Waals surface area contributed by atoms with E-state index in [4.69, 9.17) is 9.47 Å². The maximum atomic E-state index is 16.1. The lowest BCUT2D eigenvalue weighted by Gasteiger charge is -2.37. The third kappa shape index (κ3) is 3.09. The number of esters is 1. The van der Waals surface area contributed by atoms with Crippen LogP contribution in [-0.2, 0) is 9.53 Å². The first-order chi connectivity index (χ1) is 12.1. The molecule has 136 valence electrons. The van der Waals surface area contributed by atoms with E-state index in [0.29, 0.717) is 5.56 Å². The van der Waals surface area contributed by atoms with Crippen LogP contribution in [0.5, 0.6) is 5.75 Å². The maximum Gasteiger partial charge on any atom is 0.357 e. The number of aryl methyl sites for hydroxylation is 1. The molecule has 0 aliphatic carbocycles. The molecule has 5 heteroatoms. The van der Waals surface area contributed by atoms with E-state index in [1.165, 1.54) is 6.07 Å². The lowest BCUT2D eigenvalue weighted by molar-refractivity contribution is -0.172. The van der Waals surface area contributed by atoms with Gasteiger partial charge >= 0.3 is 11.6 Å². The van der Waals surface area contributed by atoms with Gasteiger partial charge in [0.15, 0.2) is 6.10 Å². The first-order valence-corrected chi connectivity index (χ1v) is 8.42. The van der Waals surface area contributed by atoms with E-state index < -0.39 is 29.1 Å². The Morgan fingerprint density at radius 3 is 2.35 bits per heavy atom. The van der Waals surface area contributed by atoms with Crippen LogP contribution in [0.3, 0.4) is 0 Å². The molecule has 0 fully saturated rings. The molecular formula is C21H21FO4. The first-order valence-electron chi connectivity index (χ1n) is 8.42. The molecule has 2 aromatic carbocycles. The summed E-state index contributed by atoms with van der Waals surface area (Å²) >= 11 is 0. The first kappa shape index (κ1) is 18.1. The highest BCUT2D eigenvalue weighted by atomic mass is 19.1. The number of hydrogen-bond acceptors (Lipinski definition) is 4. The molecule has 0 saturated carbocycles. The molecule has 0 radical (unpaired) electrons. The van der Waals surface area contributed by atoms with E-state index >= 15 is 4.39 Å². The van der Waals surface area contributed by atoms with Gasteiger partial charge in [-0.05, 0) is 45.4 Å². The van der Waals surface area contributed by atoms with Gasteiger partial charge in [0.2, 0.25) is 5.78 Å². The molecular weight excluding hydrogens is 335 g/mol. The lowest BCUT2D eigenvalue weighted by Crippen LogP contribution is -2.54. The minimum Gasteiger partial charge on any atom is -0.480 e. The molecule has 1 aliphatic rings. The average Bonchev–Trinajstić information content (AvgIpc) is 2.57. The number of para-hydroxylation sites is 1. The van der Waals surface area contributed by atoms with Crippen LogP contribution in [0.25, 0.3) is 0 Å². The molecule has 1 heterocycles. The maximum absolute atomic E-state index is 16.1. The third-order valence-corrected chi connectivity index (χ3v) is 4.14. The van der Waals surface area contributed by atoms with E-state index in [0.717, 1.165) is 5.56 Å². The quantitative estimate of drug-likeness (QED) is 0.593. The molecule has 26 heavy (non-hydrogen) atoms. The Morgan fingerprint density at radius 1 is 1.12 bits per heavy atom. The van der Waals surface area contributed by atoms with Gasteiger partial charge in [0.05, 0.1) is 5.56 Å². The van der Waals surface area contributed by atoms with Gasteiger partial charge < -0.3 is 9.47 Å². The van der Waals surface area contributed by atoms with Gasteiger partial charge in [-0.1, -0.05) is 42.0 Å². The van der Waals surface area contributed by atoms with E-state index in [1.54, 1.807) is 63.2 Å². The number of hydrogen-bond donors (Lipinski definition) is 0. The van der Waals surface area contributed by atoms with Crippen molar-refractivity contribution >= 4 is 11.8 Å². The summed E-state index contributed by atoms with van der Waals surface area (Å²) < 4.78 is 27.1. The van der Waals surface area contributed by atoms with Crippen molar-refractivity contribution in [3.8, 4) is 5.75 Å². The number of alkyl halides is 1. The zero-order valence-corrected chi connectivity index (χ0v) is 15.2. The Balaban J connectivity index is 2.14. The largest absolute Gasteiger partial charge is 0.480 e. The average molecular weight is 356 g/mol. The number of carbonyl (C=O) groups is 2. The Hall–Kier alpha value is -2.69. The van der Waals surface area contributed by atoms with E-state index in [2.05, 4.69) is 0 Å². The molecule has 0 saturated heterocycles. The van der Waals surface area contributed by atoms with Crippen LogP contribution in [0, 0.1) is 6.92 Å². The standard InChI is InChI=1S/C21H21FO4/c1-13-9-11-14(12-10-13)18-21(22,19(24)26-20(2,3)4)17(23)15-7-5-6-8-16(15)25-18/h5-12,18H,1-4H3/t18-,21+/m1/s1. The van der Waals surface area contributed by atoms with Gasteiger partial charge in [-0.25, -0.2) is 9.18 Å². The van der Waals surface area contributed by atoms with Gasteiger partial charge in [0.25, 0.3) is 0 Å². The lowest BCUT2D eigenvalue weighted by atomic mass is 9.82. The normalized spacial score (nSPS) is 22.3. The van der Waals surface area contributed by atoms with Gasteiger partial charge in [-0.2, -0.15) is 0 Å². The van der Waals surface area contributed by atoms with Crippen molar-refractivity contribution in [2.24, 2.45) is 0 Å². The number of ketones is 1. The van der Waals surface area contributed by atoms with Crippen LogP contribution in [0.15, 0.2) is 48.5 Å². The van der Waals surface area contributed by atoms with Crippen molar-refractivity contribution < 1.29 is 23.5 Å². The predicted octanol–water partition coefficient (Wildman–Crippen LogP) is 4.36. The minimum atomic E-state index is -2.96. The number of carbonyl (C=O) groups excluding carboxylic acids is 2. The SMILES string of the molecule is Cc1ccc([C@H]2Oc3ccccc3C(=O)[C@@]2(F)C(=O)OC(C)(C)C)cc1. The number of Topliss-reactive ketones (excluding diaryl/α,β-unsaturated/α-hetero) is 1. The summed E-state index contributed by atoms with van der Waals surface area (Å²) in [5, 5.41) is 0. The van der Waals surface area contributed by atoms with Crippen LogP contribution in [0.2, 0.25) is 0 Å². The Morgan fingerprint density at radius 2 is 1.73 bits per heavy atom. The molecule has 0 N–H and O–H groups in total. The molecule has 0 unspecified atom stereocenters. The highest BCUT2D eigenvalue weighted by Crippen LogP contribution is 2.44. The highest BCUT2D eigenvalue weighted by molar-refractivity contribution is 6.18. The molecule has 0 bridgehead atoms. The fourth-order valence-corrected chi connectivity index (χ4v) is 2.87. The predicted molar refractivity (Wildman–Crippen MR) is 95.0 cm³/mol. The number of halogens is 1. The smallest absolute Gasteiger partial charge is 0.357 e. The second-order valence-corrected chi connectivity index (χ2v) is 7.45. The summed E-state index contributed by atoms with van der Waals surface area (Å²) in [5.74, 6) is -1.94. The number of ether oxygens (including phenoxy) is 2. The van der Waals surface area contributed by atoms with Crippen LogP contribution in [-0.4, -0.2) is 23.0 Å². The number of fused-ring (bicyclic) bond motifs is 1. The second-order valence-electron chi connectivity index (χ2n) is 7.45. The fourth-order valence-electron chi connectivity index (χ4n) is 2.87. The van der Waals surface area contributed by atoms with E-state index in [9.17, 15) is 9.59 Å². The summed E-state index contributed by atoms with van der Waals surface area (Å²) in [5.41, 5.74) is -2.50. The zero-order chi connectivity index (χ0) is 19.1. The van der Waals surface area contributed by atoms with Crippen molar-refractivity contribution in [2.75, 3.05) is 0 Å². The van der Waals surface area contributed by atoms with E-state index in [1.807, 2.05) is 6.92 Å². The molecule has 3 rings (SSSR count). The van der Waals surface area contributed by atoms with Crippen molar-refractivity contribution in [3.63, 3.8) is 0 Å². The summed E-state index contributed by atoms with van der Waals surface area (Å²) in [6, 6.07) is 13.2. The van der Waals surface area contributed by atoms with Crippen LogP contribution >= 0.6 is 0 Å². The Bertz CT molecular complexity index is 851. The minimum absolute atomic E-state index is 0.0317. The van der Waals surface area contributed by atoms with Gasteiger partial charge in [0.1, 0.15) is 11.4 Å².